The van der Waals surface area contributed by atoms with E-state index >= 15 is 0 Å². The number of amides is 3. The van der Waals surface area contributed by atoms with E-state index in [1.165, 1.54) is 4.90 Å². The first kappa shape index (κ1) is 26.6. The largest absolute Gasteiger partial charge is 0.490 e. The Kier molecular flexibility index (Phi) is 8.25. The second kappa shape index (κ2) is 10.5. The summed E-state index contributed by atoms with van der Waals surface area (Å²) in [6.07, 6.45) is -1.76. The summed E-state index contributed by atoms with van der Waals surface area (Å²) >= 11 is 0. The van der Waals surface area contributed by atoms with Crippen molar-refractivity contribution < 1.29 is 32.7 Å². The van der Waals surface area contributed by atoms with Crippen LogP contribution in [0.1, 0.15) is 33.3 Å². The first-order valence-electron chi connectivity index (χ1n) is 10.5. The third-order valence-electron chi connectivity index (χ3n) is 5.32. The molecule has 1 aliphatic rings. The van der Waals surface area contributed by atoms with Crippen molar-refractivity contribution in [1.82, 2.24) is 9.88 Å². The molecule has 0 aliphatic carbocycles. The number of imide groups is 1. The van der Waals surface area contributed by atoms with Crippen LogP contribution in [0.15, 0.2) is 48.8 Å². The molecule has 0 atom stereocenters. The Hall–Kier alpha value is -3.63. The van der Waals surface area contributed by atoms with Crippen LogP contribution >= 0.6 is 0 Å². The molecule has 1 N–H and O–H groups in total. The molecule has 0 saturated carbocycles. The second-order valence-corrected chi connectivity index (χ2v) is 7.92. The lowest BCUT2D eigenvalue weighted by molar-refractivity contribution is -0.192. The molecule has 0 radical (unpaired) electrons. The molecule has 11 heteroatoms. The van der Waals surface area contributed by atoms with Crippen LogP contribution in [-0.4, -0.2) is 57.7 Å². The summed E-state index contributed by atoms with van der Waals surface area (Å²) in [4.78, 5) is 44.0. The van der Waals surface area contributed by atoms with E-state index in [2.05, 4.69) is 23.7 Å². The molecule has 1 saturated heterocycles. The number of pyridine rings is 1. The number of carboxylic acid groups (broad SMARTS) is 1. The summed E-state index contributed by atoms with van der Waals surface area (Å²) in [5, 5.41) is 7.12. The normalized spacial score (nSPS) is 15.1. The number of carboxylic acids is 1. The highest BCUT2D eigenvalue weighted by atomic mass is 19.4. The number of aromatic nitrogens is 1. The van der Waals surface area contributed by atoms with Gasteiger partial charge >= 0.3 is 18.2 Å². The number of alkyl halides is 3. The Bertz CT molecular complexity index is 1010. The number of rotatable bonds is 6. The Labute approximate surface area is 195 Å². The fourth-order valence-corrected chi connectivity index (χ4v) is 3.52. The van der Waals surface area contributed by atoms with Crippen LogP contribution in [0.5, 0.6) is 0 Å². The van der Waals surface area contributed by atoms with Crippen LogP contribution in [0.25, 0.3) is 0 Å². The maximum atomic E-state index is 13.1. The maximum Gasteiger partial charge on any atom is 0.490 e. The molecule has 0 spiro atoms. The van der Waals surface area contributed by atoms with E-state index in [0.717, 1.165) is 30.0 Å². The fourth-order valence-electron chi connectivity index (χ4n) is 3.52. The summed E-state index contributed by atoms with van der Waals surface area (Å²) in [5.41, 5.74) is 1.78. The van der Waals surface area contributed by atoms with Gasteiger partial charge in [-0.1, -0.05) is 0 Å². The highest BCUT2D eigenvalue weighted by Gasteiger charge is 2.51. The molecule has 184 valence electrons. The summed E-state index contributed by atoms with van der Waals surface area (Å²) in [7, 11) is 0. The maximum absolute atomic E-state index is 13.1. The van der Waals surface area contributed by atoms with Gasteiger partial charge < -0.3 is 10.0 Å². The number of halogens is 3. The zero-order valence-corrected chi connectivity index (χ0v) is 19.3. The van der Waals surface area contributed by atoms with Gasteiger partial charge in [-0.2, -0.15) is 13.2 Å². The molecule has 0 bridgehead atoms. The van der Waals surface area contributed by atoms with Crippen molar-refractivity contribution in [3.63, 3.8) is 0 Å². The van der Waals surface area contributed by atoms with Crippen LogP contribution in [0.4, 0.5) is 29.3 Å². The van der Waals surface area contributed by atoms with Gasteiger partial charge in [0.05, 0.1) is 6.54 Å². The van der Waals surface area contributed by atoms with E-state index in [1.54, 1.807) is 31.1 Å². The number of nitrogens with zero attached hydrogens (tertiary/aromatic N) is 4. The molecule has 3 amide bonds. The molecule has 1 aromatic carbocycles. The van der Waals surface area contributed by atoms with E-state index in [1.807, 2.05) is 36.4 Å². The van der Waals surface area contributed by atoms with E-state index in [9.17, 15) is 22.8 Å². The minimum atomic E-state index is -5.08. The van der Waals surface area contributed by atoms with Gasteiger partial charge in [0.15, 0.2) is 0 Å². The van der Waals surface area contributed by atoms with Crippen molar-refractivity contribution in [3.05, 3.63) is 54.4 Å². The van der Waals surface area contributed by atoms with Crippen LogP contribution in [0.2, 0.25) is 0 Å². The quantitative estimate of drug-likeness (QED) is 0.620. The molecule has 1 fully saturated rings. The Morgan fingerprint density at radius 1 is 1.03 bits per heavy atom. The van der Waals surface area contributed by atoms with E-state index in [4.69, 9.17) is 9.90 Å². The number of aliphatic carboxylic acids is 1. The molecular weight excluding hydrogens is 453 g/mol. The van der Waals surface area contributed by atoms with Crippen molar-refractivity contribution in [3.8, 4) is 0 Å². The van der Waals surface area contributed by atoms with E-state index in [0.29, 0.717) is 0 Å². The van der Waals surface area contributed by atoms with Gasteiger partial charge in [0.2, 0.25) is 0 Å². The molecule has 2 aromatic rings. The Morgan fingerprint density at radius 3 is 1.97 bits per heavy atom. The van der Waals surface area contributed by atoms with Gasteiger partial charge in [0, 0.05) is 36.9 Å². The number of hydrogen-bond donors (Lipinski definition) is 1. The van der Waals surface area contributed by atoms with Crippen molar-refractivity contribution in [2.75, 3.05) is 22.9 Å². The number of urea groups is 1. The van der Waals surface area contributed by atoms with Crippen molar-refractivity contribution in [2.45, 2.75) is 46.0 Å². The lowest BCUT2D eigenvalue weighted by Gasteiger charge is -2.28. The van der Waals surface area contributed by atoms with Gasteiger partial charge in [-0.15, -0.1) is 0 Å². The number of anilines is 2. The van der Waals surface area contributed by atoms with Gasteiger partial charge in [-0.05, 0) is 69.7 Å². The first-order chi connectivity index (χ1) is 15.8. The van der Waals surface area contributed by atoms with Crippen LogP contribution in [0.3, 0.4) is 0 Å². The van der Waals surface area contributed by atoms with Crippen molar-refractivity contribution in [1.29, 1.82) is 0 Å². The van der Waals surface area contributed by atoms with Gasteiger partial charge in [-0.25, -0.2) is 9.59 Å². The third kappa shape index (κ3) is 5.83. The summed E-state index contributed by atoms with van der Waals surface area (Å²) in [5.74, 6) is -2.95. The molecule has 8 nitrogen and oxygen atoms in total. The Balaban J connectivity index is 0.000000509. The predicted octanol–water partition coefficient (Wildman–Crippen LogP) is 4.31. The summed E-state index contributed by atoms with van der Waals surface area (Å²) in [6, 6.07) is 11.2. The van der Waals surface area contributed by atoms with Crippen LogP contribution in [0, 0.1) is 0 Å². The molecule has 1 aliphatic heterocycles. The van der Waals surface area contributed by atoms with Crippen LogP contribution in [-0.2, 0) is 16.1 Å². The SMILES string of the molecule is CCN(CC)c1ccc(N2C(=O)N(Cc3ccncc3)C(=O)C2(C)C)cc1.O=C(O)C(F)(F)F. The van der Waals surface area contributed by atoms with E-state index < -0.39 is 17.7 Å². The lowest BCUT2D eigenvalue weighted by Crippen LogP contribution is -2.44. The highest BCUT2D eigenvalue weighted by molar-refractivity contribution is 6.16. The fraction of sp³-hybridized carbons (Fsp3) is 0.391. The van der Waals surface area contributed by atoms with Gasteiger partial charge in [-0.3, -0.25) is 19.6 Å². The number of carbonyl (C=O) groups excluding carboxylic acids is 2. The summed E-state index contributed by atoms with van der Waals surface area (Å²) in [6.45, 7) is 9.89. The average molecular weight is 480 g/mol. The lowest BCUT2D eigenvalue weighted by atomic mass is 10.0. The molecular formula is C23H27F3N4O4. The van der Waals surface area contributed by atoms with E-state index in [-0.39, 0.29) is 18.5 Å². The molecule has 3 rings (SSSR count). The average Bonchev–Trinajstić information content (AvgIpc) is 2.95. The Morgan fingerprint density at radius 2 is 1.53 bits per heavy atom. The topological polar surface area (TPSA) is 94.0 Å². The minimum Gasteiger partial charge on any atom is -0.475 e. The molecule has 0 unspecified atom stereocenters. The first-order valence-corrected chi connectivity index (χ1v) is 10.5. The van der Waals surface area contributed by atoms with Crippen LogP contribution < -0.4 is 9.80 Å². The predicted molar refractivity (Wildman–Crippen MR) is 120 cm³/mol. The van der Waals surface area contributed by atoms with Gasteiger partial charge in [0.1, 0.15) is 5.54 Å². The van der Waals surface area contributed by atoms with Gasteiger partial charge in [0.25, 0.3) is 5.91 Å². The summed E-state index contributed by atoms with van der Waals surface area (Å²) < 4.78 is 31.7. The second-order valence-electron chi connectivity index (χ2n) is 7.92. The number of carbonyl (C=O) groups is 3. The van der Waals surface area contributed by atoms with Crippen molar-refractivity contribution in [2.24, 2.45) is 0 Å². The zero-order valence-electron chi connectivity index (χ0n) is 19.3. The van der Waals surface area contributed by atoms with Crippen molar-refractivity contribution >= 4 is 29.3 Å². The molecule has 2 heterocycles. The molecule has 34 heavy (non-hydrogen) atoms. The minimum absolute atomic E-state index is 0.197. The molecule has 1 aromatic heterocycles. The monoisotopic (exact) mass is 480 g/mol. The smallest absolute Gasteiger partial charge is 0.475 e. The third-order valence-corrected chi connectivity index (χ3v) is 5.32. The standard InChI is InChI=1S/C21H26N4O2.C2HF3O2/c1-5-23(6-2)17-7-9-18(10-8-17)25-20(27)24(19(26)21(25,3)4)15-16-11-13-22-14-12-16;3-2(4,5)1(6)7/h7-14H,5-6,15H2,1-4H3;(H,6,7). The number of hydrogen-bond acceptors (Lipinski definition) is 5. The number of benzene rings is 1. The zero-order chi connectivity index (χ0) is 25.7. The highest BCUT2D eigenvalue weighted by Crippen LogP contribution is 2.35.